The fourth-order valence-corrected chi connectivity index (χ4v) is 2.16. The van der Waals surface area contributed by atoms with Crippen LogP contribution in [0.5, 0.6) is 0 Å². The van der Waals surface area contributed by atoms with Crippen LogP contribution in [0.25, 0.3) is 0 Å². The third-order valence-corrected chi connectivity index (χ3v) is 3.28. The van der Waals surface area contributed by atoms with E-state index in [-0.39, 0.29) is 12.4 Å². The molecule has 2 N–H and O–H groups in total. The zero-order valence-electron chi connectivity index (χ0n) is 11.2. The number of nitrogens with two attached hydrogens (primary N) is 1. The Labute approximate surface area is 113 Å². The van der Waals surface area contributed by atoms with Crippen molar-refractivity contribution in [1.29, 1.82) is 0 Å². The summed E-state index contributed by atoms with van der Waals surface area (Å²) in [4.78, 5) is 2.32. The van der Waals surface area contributed by atoms with Crippen LogP contribution in [0.3, 0.4) is 0 Å². The Kier molecular flexibility index (Phi) is 4.92. The van der Waals surface area contributed by atoms with Gasteiger partial charge in [0.05, 0.1) is 19.8 Å². The molecule has 102 valence electrons. The molecule has 1 heterocycles. The summed E-state index contributed by atoms with van der Waals surface area (Å²) >= 11 is 0. The summed E-state index contributed by atoms with van der Waals surface area (Å²) in [6, 6.07) is 5.13. The molecule has 0 bridgehead atoms. The molecule has 0 radical (unpaired) electrons. The van der Waals surface area contributed by atoms with E-state index >= 15 is 0 Å². The Morgan fingerprint density at radius 1 is 1.53 bits per heavy atom. The van der Waals surface area contributed by atoms with Crippen LogP contribution >= 0.6 is 0 Å². The molecule has 1 aliphatic rings. The number of morpholine rings is 1. The van der Waals surface area contributed by atoms with Crippen molar-refractivity contribution in [3.05, 3.63) is 35.1 Å². The number of nitrogens with zero attached hydrogens (tertiary/aromatic N) is 1. The number of hydrogen-bond donors (Lipinski definition) is 1. The molecule has 2 rings (SSSR count). The van der Waals surface area contributed by atoms with Gasteiger partial charge in [-0.05, 0) is 24.6 Å². The number of hydrogen-bond acceptors (Lipinski definition) is 3. The van der Waals surface area contributed by atoms with Crippen LogP contribution in [0.1, 0.15) is 18.1 Å². The Bertz CT molecular complexity index is 493. The topological polar surface area (TPSA) is 38.5 Å². The molecule has 0 aromatic heterocycles. The van der Waals surface area contributed by atoms with Gasteiger partial charge in [-0.3, -0.25) is 4.90 Å². The van der Waals surface area contributed by atoms with Crippen molar-refractivity contribution < 1.29 is 9.13 Å². The van der Waals surface area contributed by atoms with Gasteiger partial charge in [-0.1, -0.05) is 17.9 Å². The standard InChI is InChI=1S/C15H19FN2O/c1-12-11-19-8-7-18(12)10-14-4-5-15(16)9-13(14)3-2-6-17/h4-5,9,12H,6-8,10-11,17H2,1H3. The van der Waals surface area contributed by atoms with Crippen LogP contribution in [-0.4, -0.2) is 37.2 Å². The van der Waals surface area contributed by atoms with E-state index in [1.54, 1.807) is 6.07 Å². The van der Waals surface area contributed by atoms with Crippen molar-refractivity contribution in [3.63, 3.8) is 0 Å². The van der Waals surface area contributed by atoms with E-state index in [1.807, 2.05) is 0 Å². The van der Waals surface area contributed by atoms with Crippen molar-refractivity contribution in [2.45, 2.75) is 19.5 Å². The second kappa shape index (κ2) is 6.67. The summed E-state index contributed by atoms with van der Waals surface area (Å²) in [6.07, 6.45) is 0. The lowest BCUT2D eigenvalue weighted by molar-refractivity contribution is -0.00440. The molecule has 0 aliphatic carbocycles. The van der Waals surface area contributed by atoms with Gasteiger partial charge in [-0.2, -0.15) is 0 Å². The van der Waals surface area contributed by atoms with Gasteiger partial charge in [0.2, 0.25) is 0 Å². The molecule has 0 spiro atoms. The lowest BCUT2D eigenvalue weighted by Gasteiger charge is -2.33. The van der Waals surface area contributed by atoms with Gasteiger partial charge in [-0.15, -0.1) is 0 Å². The highest BCUT2D eigenvalue weighted by atomic mass is 19.1. The van der Waals surface area contributed by atoms with Crippen LogP contribution < -0.4 is 5.73 Å². The fraction of sp³-hybridized carbons (Fsp3) is 0.467. The highest BCUT2D eigenvalue weighted by Gasteiger charge is 2.19. The van der Waals surface area contributed by atoms with Gasteiger partial charge in [0.15, 0.2) is 0 Å². The largest absolute Gasteiger partial charge is 0.379 e. The quantitative estimate of drug-likeness (QED) is 0.818. The first-order valence-corrected chi connectivity index (χ1v) is 6.50. The number of halogens is 1. The van der Waals surface area contributed by atoms with Crippen molar-refractivity contribution >= 4 is 0 Å². The highest BCUT2D eigenvalue weighted by Crippen LogP contribution is 2.16. The second-order valence-corrected chi connectivity index (χ2v) is 4.70. The van der Waals surface area contributed by atoms with E-state index in [0.29, 0.717) is 6.04 Å². The first kappa shape index (κ1) is 14.0. The Morgan fingerprint density at radius 2 is 2.37 bits per heavy atom. The average Bonchev–Trinajstić information content (AvgIpc) is 2.41. The van der Waals surface area contributed by atoms with Gasteiger partial charge in [0.1, 0.15) is 5.82 Å². The van der Waals surface area contributed by atoms with Crippen molar-refractivity contribution in [1.82, 2.24) is 4.90 Å². The molecule has 1 aliphatic heterocycles. The lowest BCUT2D eigenvalue weighted by Crippen LogP contribution is -2.43. The van der Waals surface area contributed by atoms with Crippen LogP contribution in [0, 0.1) is 17.7 Å². The smallest absolute Gasteiger partial charge is 0.124 e. The molecule has 4 heteroatoms. The minimum atomic E-state index is -0.264. The summed E-state index contributed by atoms with van der Waals surface area (Å²) in [6.45, 7) is 5.56. The Balaban J connectivity index is 2.18. The van der Waals surface area contributed by atoms with Crippen LogP contribution in [0.15, 0.2) is 18.2 Å². The minimum Gasteiger partial charge on any atom is -0.379 e. The van der Waals surface area contributed by atoms with Crippen molar-refractivity contribution in [2.75, 3.05) is 26.3 Å². The average molecular weight is 262 g/mol. The molecular formula is C15H19FN2O. The second-order valence-electron chi connectivity index (χ2n) is 4.70. The van der Waals surface area contributed by atoms with Gasteiger partial charge in [0.25, 0.3) is 0 Å². The van der Waals surface area contributed by atoms with Gasteiger partial charge in [0, 0.05) is 24.7 Å². The number of rotatable bonds is 2. The maximum absolute atomic E-state index is 13.3. The molecule has 1 aromatic carbocycles. The summed E-state index contributed by atoms with van der Waals surface area (Å²) in [5.41, 5.74) is 7.14. The van der Waals surface area contributed by atoms with Crippen LogP contribution in [0.2, 0.25) is 0 Å². The summed E-state index contributed by atoms with van der Waals surface area (Å²) in [7, 11) is 0. The molecule has 1 unspecified atom stereocenters. The van der Waals surface area contributed by atoms with E-state index in [2.05, 4.69) is 23.7 Å². The minimum absolute atomic E-state index is 0.264. The van der Waals surface area contributed by atoms with E-state index in [4.69, 9.17) is 10.5 Å². The normalized spacial score (nSPS) is 19.8. The first-order valence-electron chi connectivity index (χ1n) is 6.50. The van der Waals surface area contributed by atoms with Gasteiger partial charge >= 0.3 is 0 Å². The predicted molar refractivity (Wildman–Crippen MR) is 73.0 cm³/mol. The van der Waals surface area contributed by atoms with Crippen LogP contribution in [-0.2, 0) is 11.3 Å². The fourth-order valence-electron chi connectivity index (χ4n) is 2.16. The monoisotopic (exact) mass is 262 g/mol. The van der Waals surface area contributed by atoms with E-state index in [1.165, 1.54) is 12.1 Å². The van der Waals surface area contributed by atoms with Gasteiger partial charge in [-0.25, -0.2) is 4.39 Å². The third kappa shape index (κ3) is 3.77. The molecule has 1 aromatic rings. The molecule has 1 atom stereocenters. The van der Waals surface area contributed by atoms with Crippen molar-refractivity contribution in [2.24, 2.45) is 5.73 Å². The molecule has 1 fully saturated rings. The highest BCUT2D eigenvalue weighted by molar-refractivity contribution is 5.42. The predicted octanol–water partition coefficient (Wildman–Crippen LogP) is 1.36. The number of ether oxygens (including phenoxy) is 1. The molecule has 19 heavy (non-hydrogen) atoms. The summed E-state index contributed by atoms with van der Waals surface area (Å²) in [5, 5.41) is 0. The summed E-state index contributed by atoms with van der Waals surface area (Å²) < 4.78 is 18.7. The molecular weight excluding hydrogens is 243 g/mol. The van der Waals surface area contributed by atoms with E-state index in [0.717, 1.165) is 37.4 Å². The molecule has 0 amide bonds. The maximum atomic E-state index is 13.3. The van der Waals surface area contributed by atoms with Gasteiger partial charge < -0.3 is 10.5 Å². The Hall–Kier alpha value is -1.41. The number of benzene rings is 1. The SMILES string of the molecule is CC1COCCN1Cc1ccc(F)cc1C#CCN. The van der Waals surface area contributed by atoms with Crippen molar-refractivity contribution in [3.8, 4) is 11.8 Å². The lowest BCUT2D eigenvalue weighted by atomic mass is 10.1. The zero-order valence-corrected chi connectivity index (χ0v) is 11.2. The van der Waals surface area contributed by atoms with E-state index < -0.39 is 0 Å². The zero-order chi connectivity index (χ0) is 13.7. The third-order valence-electron chi connectivity index (χ3n) is 3.28. The first-order chi connectivity index (χ1) is 9.20. The van der Waals surface area contributed by atoms with E-state index in [9.17, 15) is 4.39 Å². The summed E-state index contributed by atoms with van der Waals surface area (Å²) in [5.74, 6) is 5.47. The maximum Gasteiger partial charge on any atom is 0.124 e. The molecule has 1 saturated heterocycles. The Morgan fingerprint density at radius 3 is 3.11 bits per heavy atom. The van der Waals surface area contributed by atoms with Crippen LogP contribution in [0.4, 0.5) is 4.39 Å². The molecule has 0 saturated carbocycles. The molecule has 3 nitrogen and oxygen atoms in total.